The fourth-order valence-corrected chi connectivity index (χ4v) is 5.56. The van der Waals surface area contributed by atoms with Crippen molar-refractivity contribution in [1.82, 2.24) is 20.0 Å². The first kappa shape index (κ1) is 22.2. The molecule has 1 N–H and O–H groups in total. The molecule has 0 aliphatic carbocycles. The zero-order valence-electron chi connectivity index (χ0n) is 19.2. The molecule has 1 aromatic heterocycles. The molecule has 0 spiro atoms. The summed E-state index contributed by atoms with van der Waals surface area (Å²) >= 11 is 1.71. The Bertz CT molecular complexity index is 1360. The quantitative estimate of drug-likeness (QED) is 0.467. The lowest BCUT2D eigenvalue weighted by Gasteiger charge is -2.25. The van der Waals surface area contributed by atoms with Gasteiger partial charge in [-0.1, -0.05) is 66.2 Å². The molecule has 4 aromatic rings. The molecule has 2 amide bonds. The number of hydrogen-bond donors (Lipinski definition) is 1. The molecule has 0 unspecified atom stereocenters. The molecule has 1 aliphatic heterocycles. The Morgan fingerprint density at radius 1 is 1.03 bits per heavy atom. The van der Waals surface area contributed by atoms with E-state index in [1.54, 1.807) is 16.4 Å². The van der Waals surface area contributed by atoms with Gasteiger partial charge in [0.15, 0.2) is 5.69 Å². The van der Waals surface area contributed by atoms with E-state index in [9.17, 15) is 9.59 Å². The number of rotatable bonds is 5. The monoisotopic (exact) mass is 470 g/mol. The van der Waals surface area contributed by atoms with Crippen LogP contribution in [-0.2, 0) is 7.05 Å². The Labute approximate surface area is 203 Å². The summed E-state index contributed by atoms with van der Waals surface area (Å²) in [5, 5.41) is 8.24. The number of hydrogen-bond acceptors (Lipinski definition) is 4. The third-order valence-electron chi connectivity index (χ3n) is 6.23. The zero-order chi connectivity index (χ0) is 23.7. The highest BCUT2D eigenvalue weighted by Crippen LogP contribution is 2.29. The van der Waals surface area contributed by atoms with Crippen LogP contribution in [0, 0.1) is 6.92 Å². The van der Waals surface area contributed by atoms with Gasteiger partial charge in [-0.25, -0.2) is 0 Å². The van der Waals surface area contributed by atoms with Crippen molar-refractivity contribution in [2.45, 2.75) is 13.0 Å². The van der Waals surface area contributed by atoms with E-state index in [1.165, 1.54) is 5.56 Å². The second-order valence-electron chi connectivity index (χ2n) is 8.54. The van der Waals surface area contributed by atoms with E-state index in [2.05, 4.69) is 41.6 Å². The molecule has 7 heteroatoms. The Morgan fingerprint density at radius 2 is 1.76 bits per heavy atom. The van der Waals surface area contributed by atoms with Crippen LogP contribution in [0.25, 0.3) is 22.0 Å². The Balaban J connectivity index is 1.33. The minimum absolute atomic E-state index is 0.0105. The van der Waals surface area contributed by atoms with Crippen molar-refractivity contribution in [1.29, 1.82) is 0 Å². The standard InChI is InChI=1S/C27H26N4O2S/c1-18-11-13-19(14-12-18)21-7-3-4-8-22(21)27(33)31-17-34-16-20(31)15-28-26(32)25-23-9-5-6-10-24(23)30(2)29-25/h3-14,20H,15-17H2,1-2H3,(H,28,32)/t20-/m1/s1. The largest absolute Gasteiger partial charge is 0.349 e. The first-order valence-corrected chi connectivity index (χ1v) is 12.4. The van der Waals surface area contributed by atoms with Crippen LogP contribution in [0.3, 0.4) is 0 Å². The number of aromatic nitrogens is 2. The number of para-hydroxylation sites is 1. The second-order valence-corrected chi connectivity index (χ2v) is 9.54. The Morgan fingerprint density at radius 3 is 2.59 bits per heavy atom. The summed E-state index contributed by atoms with van der Waals surface area (Å²) in [6.07, 6.45) is 0. The smallest absolute Gasteiger partial charge is 0.272 e. The van der Waals surface area contributed by atoms with Crippen molar-refractivity contribution in [2.75, 3.05) is 18.2 Å². The van der Waals surface area contributed by atoms with Crippen molar-refractivity contribution in [2.24, 2.45) is 7.05 Å². The fraction of sp³-hybridized carbons (Fsp3) is 0.222. The number of aryl methyl sites for hydroxylation is 2. The van der Waals surface area contributed by atoms with Crippen LogP contribution in [0.1, 0.15) is 26.4 Å². The van der Waals surface area contributed by atoms with Gasteiger partial charge in [0.25, 0.3) is 11.8 Å². The predicted octanol–water partition coefficient (Wildman–Crippen LogP) is 4.49. The predicted molar refractivity (Wildman–Crippen MR) is 137 cm³/mol. The lowest BCUT2D eigenvalue weighted by molar-refractivity contribution is 0.0736. The maximum atomic E-state index is 13.6. The molecule has 0 radical (unpaired) electrons. The van der Waals surface area contributed by atoms with E-state index in [-0.39, 0.29) is 17.9 Å². The maximum Gasteiger partial charge on any atom is 0.272 e. The number of thioether (sulfide) groups is 1. The summed E-state index contributed by atoms with van der Waals surface area (Å²) in [4.78, 5) is 28.4. The average Bonchev–Trinajstić information content (AvgIpc) is 3.47. The lowest BCUT2D eigenvalue weighted by Crippen LogP contribution is -2.44. The van der Waals surface area contributed by atoms with Crippen LogP contribution in [0.15, 0.2) is 72.8 Å². The number of carbonyl (C=O) groups excluding carboxylic acids is 2. The van der Waals surface area contributed by atoms with E-state index in [4.69, 9.17) is 0 Å². The average molecular weight is 471 g/mol. The van der Waals surface area contributed by atoms with Gasteiger partial charge >= 0.3 is 0 Å². The van der Waals surface area contributed by atoms with E-state index < -0.39 is 0 Å². The lowest BCUT2D eigenvalue weighted by atomic mass is 9.98. The van der Waals surface area contributed by atoms with Gasteiger partial charge in [-0.3, -0.25) is 14.3 Å². The first-order valence-electron chi connectivity index (χ1n) is 11.3. The molecule has 3 aromatic carbocycles. The molecule has 1 atom stereocenters. The molecule has 1 fully saturated rings. The third kappa shape index (κ3) is 4.19. The third-order valence-corrected chi connectivity index (χ3v) is 7.31. The van der Waals surface area contributed by atoms with E-state index in [0.29, 0.717) is 23.7 Å². The number of amides is 2. The molecular formula is C27H26N4O2S. The summed E-state index contributed by atoms with van der Waals surface area (Å²) in [6.45, 7) is 2.43. The van der Waals surface area contributed by atoms with Gasteiger partial charge < -0.3 is 10.2 Å². The van der Waals surface area contributed by atoms with Gasteiger partial charge in [-0.05, 0) is 30.2 Å². The van der Waals surface area contributed by atoms with Crippen LogP contribution in [0.4, 0.5) is 0 Å². The molecule has 34 heavy (non-hydrogen) atoms. The van der Waals surface area contributed by atoms with Gasteiger partial charge in [0.1, 0.15) is 0 Å². The van der Waals surface area contributed by atoms with Gasteiger partial charge in [0, 0.05) is 30.3 Å². The topological polar surface area (TPSA) is 67.2 Å². The molecule has 5 rings (SSSR count). The van der Waals surface area contributed by atoms with Crippen LogP contribution < -0.4 is 5.32 Å². The number of nitrogens with zero attached hydrogens (tertiary/aromatic N) is 3. The number of carbonyl (C=O) groups is 2. The van der Waals surface area contributed by atoms with Crippen molar-refractivity contribution in [3.63, 3.8) is 0 Å². The van der Waals surface area contributed by atoms with Gasteiger partial charge in [-0.15, -0.1) is 11.8 Å². The highest BCUT2D eigenvalue weighted by atomic mass is 32.2. The van der Waals surface area contributed by atoms with Crippen molar-refractivity contribution in [3.8, 4) is 11.1 Å². The second kappa shape index (κ2) is 9.35. The molecule has 1 saturated heterocycles. The highest BCUT2D eigenvalue weighted by molar-refractivity contribution is 7.99. The van der Waals surface area contributed by atoms with Gasteiger partial charge in [0.2, 0.25) is 0 Å². The summed E-state index contributed by atoms with van der Waals surface area (Å²) < 4.78 is 1.72. The maximum absolute atomic E-state index is 13.6. The van der Waals surface area contributed by atoms with E-state index >= 15 is 0 Å². The Hall–Kier alpha value is -3.58. The van der Waals surface area contributed by atoms with E-state index in [0.717, 1.165) is 27.8 Å². The Kier molecular flexibility index (Phi) is 6.11. The van der Waals surface area contributed by atoms with Crippen LogP contribution in [0.2, 0.25) is 0 Å². The van der Waals surface area contributed by atoms with Crippen LogP contribution >= 0.6 is 11.8 Å². The van der Waals surface area contributed by atoms with Crippen LogP contribution in [-0.4, -0.2) is 50.7 Å². The molecule has 0 saturated carbocycles. The van der Waals surface area contributed by atoms with Gasteiger partial charge in [0.05, 0.1) is 17.4 Å². The highest BCUT2D eigenvalue weighted by Gasteiger charge is 2.31. The van der Waals surface area contributed by atoms with Crippen molar-refractivity contribution in [3.05, 3.63) is 89.6 Å². The molecule has 1 aliphatic rings. The van der Waals surface area contributed by atoms with Crippen molar-refractivity contribution >= 4 is 34.5 Å². The number of benzene rings is 3. The van der Waals surface area contributed by atoms with Crippen molar-refractivity contribution < 1.29 is 9.59 Å². The molecule has 6 nitrogen and oxygen atoms in total. The van der Waals surface area contributed by atoms with Crippen LogP contribution in [0.5, 0.6) is 0 Å². The van der Waals surface area contributed by atoms with Gasteiger partial charge in [-0.2, -0.15) is 5.10 Å². The molecule has 172 valence electrons. The number of nitrogens with one attached hydrogen (secondary N) is 1. The van der Waals surface area contributed by atoms with E-state index in [1.807, 2.05) is 60.5 Å². The SMILES string of the molecule is Cc1ccc(-c2ccccc2C(=O)N2CSC[C@H]2CNC(=O)c2nn(C)c3ccccc23)cc1. The first-order chi connectivity index (χ1) is 16.5. The summed E-state index contributed by atoms with van der Waals surface area (Å²) in [6, 6.07) is 23.5. The summed E-state index contributed by atoms with van der Waals surface area (Å²) in [5.74, 6) is 1.15. The molecule has 2 heterocycles. The molecular weight excluding hydrogens is 444 g/mol. The number of fused-ring (bicyclic) bond motifs is 1. The normalized spacial score (nSPS) is 15.6. The minimum Gasteiger partial charge on any atom is -0.349 e. The molecule has 0 bridgehead atoms. The fourth-order valence-electron chi connectivity index (χ4n) is 4.36. The summed E-state index contributed by atoms with van der Waals surface area (Å²) in [7, 11) is 1.83. The minimum atomic E-state index is -0.221. The summed E-state index contributed by atoms with van der Waals surface area (Å²) in [5.41, 5.74) is 5.13. The zero-order valence-corrected chi connectivity index (χ0v) is 20.0.